The molecule has 6 heteroatoms. The van der Waals surface area contributed by atoms with Gasteiger partial charge >= 0.3 is 6.03 Å². The predicted octanol–water partition coefficient (Wildman–Crippen LogP) is 3.36. The third kappa shape index (κ3) is 2.08. The van der Waals surface area contributed by atoms with Gasteiger partial charge in [-0.15, -0.1) is 0 Å². The number of hydrogen-bond acceptors (Lipinski definition) is 2. The Labute approximate surface area is 127 Å². The van der Waals surface area contributed by atoms with Crippen molar-refractivity contribution in [3.63, 3.8) is 0 Å². The normalized spacial score (nSPS) is 23.0. The first-order valence-corrected chi connectivity index (χ1v) is 7.47. The Hall–Kier alpha value is -2.01. The third-order valence-corrected chi connectivity index (χ3v) is 4.60. The van der Waals surface area contributed by atoms with Gasteiger partial charge in [-0.05, 0) is 31.0 Å². The van der Waals surface area contributed by atoms with Gasteiger partial charge < -0.3 is 10.2 Å². The van der Waals surface area contributed by atoms with Crippen molar-refractivity contribution in [2.45, 2.75) is 31.3 Å². The van der Waals surface area contributed by atoms with Crippen LogP contribution in [0.1, 0.15) is 30.1 Å². The van der Waals surface area contributed by atoms with E-state index < -0.39 is 0 Å². The fraction of sp³-hybridized carbons (Fsp3) is 0.333. The Balaban J connectivity index is 1.58. The molecule has 0 radical (unpaired) electrons. The van der Waals surface area contributed by atoms with Crippen molar-refractivity contribution in [2.75, 3.05) is 5.32 Å². The van der Waals surface area contributed by atoms with Crippen LogP contribution < -0.4 is 5.32 Å². The summed E-state index contributed by atoms with van der Waals surface area (Å²) in [5, 5.41) is 10.7. The lowest BCUT2D eigenvalue weighted by atomic mass is 10.0. The average molecular weight is 303 g/mol. The van der Waals surface area contributed by atoms with E-state index in [1.165, 1.54) is 5.69 Å². The molecule has 2 atom stereocenters. The molecule has 2 unspecified atom stereocenters. The zero-order valence-corrected chi connectivity index (χ0v) is 12.1. The van der Waals surface area contributed by atoms with Gasteiger partial charge in [-0.1, -0.05) is 17.7 Å². The van der Waals surface area contributed by atoms with Gasteiger partial charge in [0.15, 0.2) is 0 Å². The number of H-pyrrole nitrogens is 1. The molecule has 2 amide bonds. The Kier molecular flexibility index (Phi) is 2.89. The number of carbonyl (C=O) groups excluding carboxylic acids is 1. The molecule has 1 fully saturated rings. The lowest BCUT2D eigenvalue weighted by molar-refractivity contribution is 0.179. The molecule has 3 heterocycles. The van der Waals surface area contributed by atoms with Crippen molar-refractivity contribution in [1.29, 1.82) is 0 Å². The standard InChI is InChI=1S/C15H15ClN4O/c16-9-2-1-3-10(6-9)18-15(21)20-11-4-5-14(20)12-8-17-19-13(12)7-11/h1-3,6,8,11,14H,4-5,7H2,(H,17,19)(H,18,21). The van der Waals surface area contributed by atoms with Crippen LogP contribution in [0.15, 0.2) is 30.5 Å². The second-order valence-electron chi connectivity index (χ2n) is 5.60. The van der Waals surface area contributed by atoms with Crippen molar-refractivity contribution in [1.82, 2.24) is 15.1 Å². The SMILES string of the molecule is O=C(Nc1cccc(Cl)c1)N1C2CCC1c1cn[nH]c1C2. The maximum Gasteiger partial charge on any atom is 0.322 e. The van der Waals surface area contributed by atoms with Crippen LogP contribution in [0.25, 0.3) is 0 Å². The van der Waals surface area contributed by atoms with E-state index in [-0.39, 0.29) is 18.1 Å². The predicted molar refractivity (Wildman–Crippen MR) is 80.4 cm³/mol. The van der Waals surface area contributed by atoms with Crippen LogP contribution in [0.4, 0.5) is 10.5 Å². The molecule has 1 saturated heterocycles. The molecule has 0 aliphatic carbocycles. The number of hydrogen-bond donors (Lipinski definition) is 2. The van der Waals surface area contributed by atoms with Crippen molar-refractivity contribution in [3.05, 3.63) is 46.7 Å². The number of anilines is 1. The molecule has 108 valence electrons. The minimum absolute atomic E-state index is 0.0587. The van der Waals surface area contributed by atoms with E-state index in [0.29, 0.717) is 5.02 Å². The highest BCUT2D eigenvalue weighted by Crippen LogP contribution is 2.43. The molecule has 0 saturated carbocycles. The molecule has 5 nitrogen and oxygen atoms in total. The first kappa shape index (κ1) is 12.7. The number of urea groups is 1. The Morgan fingerprint density at radius 1 is 1.43 bits per heavy atom. The van der Waals surface area contributed by atoms with E-state index in [9.17, 15) is 4.79 Å². The van der Waals surface area contributed by atoms with E-state index in [1.807, 2.05) is 23.2 Å². The van der Waals surface area contributed by atoms with Crippen molar-refractivity contribution >= 4 is 23.3 Å². The maximum atomic E-state index is 12.6. The van der Waals surface area contributed by atoms with Crippen molar-refractivity contribution < 1.29 is 4.79 Å². The molecule has 2 aliphatic rings. The van der Waals surface area contributed by atoms with Crippen molar-refractivity contribution in [2.24, 2.45) is 0 Å². The molecule has 2 N–H and O–H groups in total. The zero-order chi connectivity index (χ0) is 14.4. The maximum absolute atomic E-state index is 12.6. The number of aromatic nitrogens is 2. The van der Waals surface area contributed by atoms with E-state index in [0.717, 1.165) is 30.5 Å². The molecule has 1 aromatic carbocycles. The zero-order valence-electron chi connectivity index (χ0n) is 11.3. The van der Waals surface area contributed by atoms with Gasteiger partial charge in [0.25, 0.3) is 0 Å². The number of amides is 2. The highest BCUT2D eigenvalue weighted by atomic mass is 35.5. The monoisotopic (exact) mass is 302 g/mol. The van der Waals surface area contributed by atoms with Gasteiger partial charge in [-0.25, -0.2) is 4.79 Å². The first-order valence-electron chi connectivity index (χ1n) is 7.09. The fourth-order valence-corrected chi connectivity index (χ4v) is 3.65. The summed E-state index contributed by atoms with van der Waals surface area (Å²) >= 11 is 5.96. The fourth-order valence-electron chi connectivity index (χ4n) is 3.46. The smallest absolute Gasteiger partial charge is 0.314 e. The number of nitrogens with zero attached hydrogens (tertiary/aromatic N) is 2. The highest BCUT2D eigenvalue weighted by Gasteiger charge is 2.43. The van der Waals surface area contributed by atoms with Gasteiger partial charge in [0, 0.05) is 34.4 Å². The molecule has 2 aliphatic heterocycles. The summed E-state index contributed by atoms with van der Waals surface area (Å²) in [5.41, 5.74) is 3.06. The Morgan fingerprint density at radius 3 is 3.19 bits per heavy atom. The van der Waals surface area contributed by atoms with Crippen LogP contribution in [-0.4, -0.2) is 27.2 Å². The number of carbonyl (C=O) groups is 1. The van der Waals surface area contributed by atoms with E-state index in [4.69, 9.17) is 11.6 Å². The highest BCUT2D eigenvalue weighted by molar-refractivity contribution is 6.30. The molecular formula is C15H15ClN4O. The topological polar surface area (TPSA) is 61.0 Å². The van der Waals surface area contributed by atoms with Crippen LogP contribution in [0.3, 0.4) is 0 Å². The second kappa shape index (κ2) is 4.77. The van der Waals surface area contributed by atoms with E-state index in [2.05, 4.69) is 15.5 Å². The number of fused-ring (bicyclic) bond motifs is 4. The van der Waals surface area contributed by atoms with Crippen LogP contribution in [-0.2, 0) is 6.42 Å². The molecular weight excluding hydrogens is 288 g/mol. The van der Waals surface area contributed by atoms with Crippen LogP contribution in [0.5, 0.6) is 0 Å². The Morgan fingerprint density at radius 2 is 2.33 bits per heavy atom. The molecule has 4 rings (SSSR count). The van der Waals surface area contributed by atoms with Gasteiger partial charge in [-0.3, -0.25) is 5.10 Å². The molecule has 2 bridgehead atoms. The lowest BCUT2D eigenvalue weighted by Gasteiger charge is -2.34. The number of halogens is 1. The van der Waals surface area contributed by atoms with Gasteiger partial charge in [0.2, 0.25) is 0 Å². The minimum atomic E-state index is -0.0587. The van der Waals surface area contributed by atoms with E-state index in [1.54, 1.807) is 12.1 Å². The summed E-state index contributed by atoms with van der Waals surface area (Å²) in [6.07, 6.45) is 4.74. The van der Waals surface area contributed by atoms with Gasteiger partial charge in [0.1, 0.15) is 0 Å². The summed E-state index contributed by atoms with van der Waals surface area (Å²) in [4.78, 5) is 14.6. The summed E-state index contributed by atoms with van der Waals surface area (Å²) in [6, 6.07) is 7.56. The first-order chi connectivity index (χ1) is 10.2. The second-order valence-corrected chi connectivity index (χ2v) is 6.04. The quantitative estimate of drug-likeness (QED) is 0.848. The Bertz CT molecular complexity index is 698. The summed E-state index contributed by atoms with van der Waals surface area (Å²) in [6.45, 7) is 0. The molecule has 21 heavy (non-hydrogen) atoms. The summed E-state index contributed by atoms with van der Waals surface area (Å²) < 4.78 is 0. The molecule has 2 aromatic rings. The van der Waals surface area contributed by atoms with Crippen LogP contribution in [0.2, 0.25) is 5.02 Å². The average Bonchev–Trinajstić information content (AvgIpc) is 3.04. The largest absolute Gasteiger partial charge is 0.322 e. The van der Waals surface area contributed by atoms with Gasteiger partial charge in [0.05, 0.1) is 12.2 Å². The van der Waals surface area contributed by atoms with Crippen LogP contribution >= 0.6 is 11.6 Å². The number of benzene rings is 1. The van der Waals surface area contributed by atoms with Gasteiger partial charge in [-0.2, -0.15) is 5.10 Å². The lowest BCUT2D eigenvalue weighted by Crippen LogP contribution is -2.44. The third-order valence-electron chi connectivity index (χ3n) is 4.36. The summed E-state index contributed by atoms with van der Waals surface area (Å²) in [5.74, 6) is 0. The van der Waals surface area contributed by atoms with Crippen molar-refractivity contribution in [3.8, 4) is 0 Å². The van der Waals surface area contributed by atoms with E-state index >= 15 is 0 Å². The molecule has 0 spiro atoms. The number of rotatable bonds is 1. The molecule has 1 aromatic heterocycles. The number of aromatic amines is 1. The summed E-state index contributed by atoms with van der Waals surface area (Å²) in [7, 11) is 0. The number of nitrogens with one attached hydrogen (secondary N) is 2. The van der Waals surface area contributed by atoms with Crippen LogP contribution in [0, 0.1) is 0 Å². The minimum Gasteiger partial charge on any atom is -0.314 e.